The van der Waals surface area contributed by atoms with Crippen molar-refractivity contribution in [3.05, 3.63) is 65.9 Å². The van der Waals surface area contributed by atoms with Gasteiger partial charge < -0.3 is 4.74 Å². The van der Waals surface area contributed by atoms with E-state index in [4.69, 9.17) is 9.72 Å². The van der Waals surface area contributed by atoms with Gasteiger partial charge in [0, 0.05) is 34.0 Å². The van der Waals surface area contributed by atoms with Crippen LogP contribution in [0.3, 0.4) is 0 Å². The highest BCUT2D eigenvalue weighted by Gasteiger charge is 2.35. The van der Waals surface area contributed by atoms with Crippen LogP contribution in [0, 0.1) is 0 Å². The van der Waals surface area contributed by atoms with Crippen LogP contribution >= 0.6 is 0 Å². The first kappa shape index (κ1) is 13.6. The number of fused-ring (bicyclic) bond motifs is 5. The Labute approximate surface area is 140 Å². The summed E-state index contributed by atoms with van der Waals surface area (Å²) in [6.45, 7) is 4.56. The molecule has 2 aromatic carbocycles. The molecule has 1 aliphatic rings. The van der Waals surface area contributed by atoms with Crippen LogP contribution in [0.15, 0.2) is 54.7 Å². The third-order valence-corrected chi connectivity index (χ3v) is 5.34. The zero-order valence-corrected chi connectivity index (χ0v) is 14.0. The Kier molecular flexibility index (Phi) is 2.49. The molecule has 0 amide bonds. The van der Waals surface area contributed by atoms with E-state index >= 15 is 0 Å². The number of para-hydroxylation sites is 1. The van der Waals surface area contributed by atoms with E-state index < -0.39 is 0 Å². The summed E-state index contributed by atoms with van der Waals surface area (Å²) in [4.78, 5) is 4.74. The van der Waals surface area contributed by atoms with Crippen molar-refractivity contribution in [2.24, 2.45) is 0 Å². The van der Waals surface area contributed by atoms with Crippen LogP contribution in [0.25, 0.3) is 27.6 Å². The average molecular weight is 314 g/mol. The molecule has 0 fully saturated rings. The summed E-state index contributed by atoms with van der Waals surface area (Å²) in [5.41, 5.74) is 4.93. The van der Waals surface area contributed by atoms with E-state index in [0.29, 0.717) is 0 Å². The summed E-state index contributed by atoms with van der Waals surface area (Å²) in [6.07, 6.45) is 1.88. The molecule has 0 saturated carbocycles. The summed E-state index contributed by atoms with van der Waals surface area (Å²) < 4.78 is 7.76. The number of pyridine rings is 1. The van der Waals surface area contributed by atoms with E-state index in [1.807, 2.05) is 18.3 Å². The predicted molar refractivity (Wildman–Crippen MR) is 97.3 cm³/mol. The summed E-state index contributed by atoms with van der Waals surface area (Å²) in [7, 11) is 1.71. The molecule has 0 radical (unpaired) electrons. The smallest absolute Gasteiger partial charge is 0.141 e. The lowest BCUT2D eigenvalue weighted by Crippen LogP contribution is -2.26. The molecular formula is C21H18N2O. The second-order valence-electron chi connectivity index (χ2n) is 6.92. The van der Waals surface area contributed by atoms with Gasteiger partial charge in [-0.3, -0.25) is 4.57 Å². The Bertz CT molecular complexity index is 1120. The van der Waals surface area contributed by atoms with Crippen molar-refractivity contribution < 1.29 is 4.74 Å². The van der Waals surface area contributed by atoms with Gasteiger partial charge in [-0.2, -0.15) is 0 Å². The number of methoxy groups -OCH3 is 1. The van der Waals surface area contributed by atoms with Crippen molar-refractivity contribution in [1.82, 2.24) is 9.55 Å². The molecule has 5 rings (SSSR count). The quantitative estimate of drug-likeness (QED) is 0.503. The SMILES string of the molecule is COc1ccc2c3cccc4c3n(c2c1)-c1ncccc1C4(C)C. The molecule has 24 heavy (non-hydrogen) atoms. The van der Waals surface area contributed by atoms with Crippen LogP contribution in [0.1, 0.15) is 25.0 Å². The van der Waals surface area contributed by atoms with Gasteiger partial charge in [-0.1, -0.05) is 38.1 Å². The lowest BCUT2D eigenvalue weighted by Gasteiger charge is -2.33. The van der Waals surface area contributed by atoms with E-state index in [1.54, 1.807) is 7.11 Å². The Morgan fingerprint density at radius 3 is 2.62 bits per heavy atom. The highest BCUT2D eigenvalue weighted by molar-refractivity contribution is 6.11. The molecule has 0 aliphatic carbocycles. The highest BCUT2D eigenvalue weighted by Crippen LogP contribution is 2.46. The maximum atomic E-state index is 5.46. The van der Waals surface area contributed by atoms with Crippen molar-refractivity contribution in [2.45, 2.75) is 19.3 Å². The molecule has 0 spiro atoms. The number of benzene rings is 2. The maximum absolute atomic E-state index is 5.46. The predicted octanol–water partition coefficient (Wildman–Crippen LogP) is 4.83. The molecule has 0 atom stereocenters. The number of ether oxygens (including phenoxy) is 1. The van der Waals surface area contributed by atoms with Crippen molar-refractivity contribution in [1.29, 1.82) is 0 Å². The van der Waals surface area contributed by atoms with Crippen LogP contribution in [-0.4, -0.2) is 16.7 Å². The van der Waals surface area contributed by atoms with Gasteiger partial charge in [-0.25, -0.2) is 4.98 Å². The van der Waals surface area contributed by atoms with Crippen molar-refractivity contribution in [3.8, 4) is 11.6 Å². The molecule has 0 unspecified atom stereocenters. The minimum absolute atomic E-state index is 0.0719. The fourth-order valence-electron chi connectivity index (χ4n) is 4.11. The highest BCUT2D eigenvalue weighted by atomic mass is 16.5. The lowest BCUT2D eigenvalue weighted by molar-refractivity contribution is 0.415. The van der Waals surface area contributed by atoms with E-state index in [1.165, 1.54) is 27.4 Å². The summed E-state index contributed by atoms with van der Waals surface area (Å²) in [5, 5.41) is 2.51. The second-order valence-corrected chi connectivity index (χ2v) is 6.92. The number of hydrogen-bond acceptors (Lipinski definition) is 2. The Morgan fingerprint density at radius 1 is 0.958 bits per heavy atom. The zero-order chi connectivity index (χ0) is 16.5. The standard InChI is InChI=1S/C21H18N2O/c1-21(2)16-7-4-6-15-14-10-9-13(24-3)12-18(14)23(19(15)16)20-17(21)8-5-11-22-20/h4-12H,1-3H3. The monoisotopic (exact) mass is 314 g/mol. The normalized spacial score (nSPS) is 14.8. The van der Waals surface area contributed by atoms with Crippen molar-refractivity contribution in [2.75, 3.05) is 7.11 Å². The van der Waals surface area contributed by atoms with E-state index in [9.17, 15) is 0 Å². The summed E-state index contributed by atoms with van der Waals surface area (Å²) in [6, 6.07) is 17.1. The molecule has 118 valence electrons. The first-order valence-corrected chi connectivity index (χ1v) is 8.20. The van der Waals surface area contributed by atoms with Crippen LogP contribution in [0.4, 0.5) is 0 Å². The Hall–Kier alpha value is -2.81. The van der Waals surface area contributed by atoms with Gasteiger partial charge in [0.15, 0.2) is 0 Å². The molecule has 4 aromatic rings. The summed E-state index contributed by atoms with van der Waals surface area (Å²) in [5.74, 6) is 1.89. The molecule has 0 N–H and O–H groups in total. The minimum atomic E-state index is -0.0719. The number of aromatic nitrogens is 2. The molecule has 0 saturated heterocycles. The third-order valence-electron chi connectivity index (χ3n) is 5.34. The van der Waals surface area contributed by atoms with E-state index in [2.05, 4.69) is 54.8 Å². The Morgan fingerprint density at radius 2 is 1.79 bits per heavy atom. The van der Waals surface area contributed by atoms with E-state index in [-0.39, 0.29) is 5.41 Å². The zero-order valence-electron chi connectivity index (χ0n) is 14.0. The topological polar surface area (TPSA) is 27.1 Å². The van der Waals surface area contributed by atoms with Crippen molar-refractivity contribution in [3.63, 3.8) is 0 Å². The Balaban J connectivity index is 2.09. The minimum Gasteiger partial charge on any atom is -0.497 e. The van der Waals surface area contributed by atoms with Gasteiger partial charge in [0.25, 0.3) is 0 Å². The fraction of sp³-hybridized carbons (Fsp3) is 0.190. The fourth-order valence-corrected chi connectivity index (χ4v) is 4.11. The van der Waals surface area contributed by atoms with Gasteiger partial charge >= 0.3 is 0 Å². The van der Waals surface area contributed by atoms with Gasteiger partial charge in [0.1, 0.15) is 11.6 Å². The van der Waals surface area contributed by atoms with Crippen LogP contribution < -0.4 is 4.74 Å². The van der Waals surface area contributed by atoms with Gasteiger partial charge in [0.05, 0.1) is 18.1 Å². The second kappa shape index (κ2) is 4.38. The molecule has 0 bridgehead atoms. The maximum Gasteiger partial charge on any atom is 0.141 e. The van der Waals surface area contributed by atoms with E-state index in [0.717, 1.165) is 17.1 Å². The van der Waals surface area contributed by atoms with Crippen LogP contribution in [0.2, 0.25) is 0 Å². The van der Waals surface area contributed by atoms with Gasteiger partial charge in [-0.15, -0.1) is 0 Å². The third kappa shape index (κ3) is 1.49. The molecule has 3 heterocycles. The average Bonchev–Trinajstić information content (AvgIpc) is 2.94. The largest absolute Gasteiger partial charge is 0.497 e. The molecular weight excluding hydrogens is 296 g/mol. The molecule has 3 heteroatoms. The number of rotatable bonds is 1. The lowest BCUT2D eigenvalue weighted by atomic mass is 9.76. The van der Waals surface area contributed by atoms with Crippen molar-refractivity contribution >= 4 is 21.8 Å². The van der Waals surface area contributed by atoms with Crippen LogP contribution in [-0.2, 0) is 5.41 Å². The summed E-state index contributed by atoms with van der Waals surface area (Å²) >= 11 is 0. The molecule has 2 aromatic heterocycles. The number of nitrogens with zero attached hydrogens (tertiary/aromatic N) is 2. The van der Waals surface area contributed by atoms with Gasteiger partial charge in [0.2, 0.25) is 0 Å². The molecule has 3 nitrogen and oxygen atoms in total. The number of hydrogen-bond donors (Lipinski definition) is 0. The van der Waals surface area contributed by atoms with Crippen LogP contribution in [0.5, 0.6) is 5.75 Å². The van der Waals surface area contributed by atoms with Gasteiger partial charge in [-0.05, 0) is 23.8 Å². The first-order chi connectivity index (χ1) is 11.6. The first-order valence-electron chi connectivity index (χ1n) is 8.20. The molecule has 1 aliphatic heterocycles.